The fourth-order valence-electron chi connectivity index (χ4n) is 1.39. The highest BCUT2D eigenvalue weighted by Crippen LogP contribution is 2.17. The third kappa shape index (κ3) is 3.94. The number of halogens is 1. The molecule has 0 saturated heterocycles. The van der Waals surface area contributed by atoms with Gasteiger partial charge in [0.15, 0.2) is 0 Å². The number of nitrogens with two attached hydrogens (primary N) is 1. The van der Waals surface area contributed by atoms with Gasteiger partial charge in [0, 0.05) is 10.5 Å². The Morgan fingerprint density at radius 1 is 1.44 bits per heavy atom. The zero-order valence-electron chi connectivity index (χ0n) is 9.53. The molecule has 0 heterocycles. The number of hydrogen-bond acceptors (Lipinski definition) is 2. The first-order chi connectivity index (χ1) is 7.50. The summed E-state index contributed by atoms with van der Waals surface area (Å²) < 4.78 is 0.989. The third-order valence-corrected chi connectivity index (χ3v) is 2.94. The molecule has 16 heavy (non-hydrogen) atoms. The quantitative estimate of drug-likeness (QED) is 0.887. The average Bonchev–Trinajstić information content (AvgIpc) is 2.20. The van der Waals surface area contributed by atoms with Gasteiger partial charge in [0.2, 0.25) is 5.91 Å². The molecule has 3 nitrogen and oxygen atoms in total. The van der Waals surface area contributed by atoms with Crippen LogP contribution >= 0.6 is 15.9 Å². The first-order valence-corrected chi connectivity index (χ1v) is 6.09. The fourth-order valence-corrected chi connectivity index (χ4v) is 1.83. The SMILES string of the molecule is CC(C)NC(=O)C(N)Cc1ccccc1Br. The molecule has 0 aliphatic heterocycles. The van der Waals surface area contributed by atoms with Crippen LogP contribution in [0.5, 0.6) is 0 Å². The van der Waals surface area contributed by atoms with Gasteiger partial charge in [0.05, 0.1) is 6.04 Å². The molecule has 0 aromatic heterocycles. The van der Waals surface area contributed by atoms with E-state index in [2.05, 4.69) is 21.2 Å². The summed E-state index contributed by atoms with van der Waals surface area (Å²) in [5.41, 5.74) is 6.88. The molecule has 1 rings (SSSR count). The molecule has 0 radical (unpaired) electrons. The molecule has 3 N–H and O–H groups in total. The predicted molar refractivity (Wildman–Crippen MR) is 69.1 cm³/mol. The Bertz CT molecular complexity index is 366. The van der Waals surface area contributed by atoms with Gasteiger partial charge in [0.25, 0.3) is 0 Å². The van der Waals surface area contributed by atoms with Gasteiger partial charge in [-0.25, -0.2) is 0 Å². The number of carbonyl (C=O) groups excluding carboxylic acids is 1. The highest BCUT2D eigenvalue weighted by molar-refractivity contribution is 9.10. The molecule has 0 bridgehead atoms. The Morgan fingerprint density at radius 3 is 2.62 bits per heavy atom. The topological polar surface area (TPSA) is 55.1 Å². The van der Waals surface area contributed by atoms with E-state index in [1.54, 1.807) is 0 Å². The lowest BCUT2D eigenvalue weighted by Gasteiger charge is -2.15. The van der Waals surface area contributed by atoms with E-state index in [0.29, 0.717) is 6.42 Å². The summed E-state index contributed by atoms with van der Waals surface area (Å²) in [4.78, 5) is 11.6. The van der Waals surface area contributed by atoms with E-state index in [0.717, 1.165) is 10.0 Å². The summed E-state index contributed by atoms with van der Waals surface area (Å²) in [6.45, 7) is 3.84. The van der Waals surface area contributed by atoms with E-state index in [4.69, 9.17) is 5.73 Å². The molecule has 1 aromatic rings. The van der Waals surface area contributed by atoms with Gasteiger partial charge in [-0.1, -0.05) is 34.1 Å². The lowest BCUT2D eigenvalue weighted by molar-refractivity contribution is -0.122. The molecule has 0 fully saturated rings. The smallest absolute Gasteiger partial charge is 0.237 e. The van der Waals surface area contributed by atoms with Crippen molar-refractivity contribution < 1.29 is 4.79 Å². The van der Waals surface area contributed by atoms with Crippen LogP contribution in [-0.4, -0.2) is 18.0 Å². The first kappa shape index (κ1) is 13.2. The van der Waals surface area contributed by atoms with Gasteiger partial charge in [-0.3, -0.25) is 4.79 Å². The van der Waals surface area contributed by atoms with E-state index in [-0.39, 0.29) is 11.9 Å². The maximum Gasteiger partial charge on any atom is 0.237 e. The lowest BCUT2D eigenvalue weighted by atomic mass is 10.1. The minimum absolute atomic E-state index is 0.106. The number of benzene rings is 1. The van der Waals surface area contributed by atoms with Crippen molar-refractivity contribution in [1.82, 2.24) is 5.32 Å². The van der Waals surface area contributed by atoms with E-state index < -0.39 is 6.04 Å². The summed E-state index contributed by atoms with van der Waals surface area (Å²) >= 11 is 3.44. The predicted octanol–water partition coefficient (Wildman–Crippen LogP) is 1.84. The van der Waals surface area contributed by atoms with Crippen LogP contribution in [0.3, 0.4) is 0 Å². The Kier molecular flexibility index (Phi) is 4.96. The standard InChI is InChI=1S/C12H17BrN2O/c1-8(2)15-12(16)11(14)7-9-5-3-4-6-10(9)13/h3-6,8,11H,7,14H2,1-2H3,(H,15,16). The second kappa shape index (κ2) is 6.01. The van der Waals surface area contributed by atoms with Crippen molar-refractivity contribution in [3.05, 3.63) is 34.3 Å². The molecule has 0 saturated carbocycles. The molecule has 0 aliphatic carbocycles. The van der Waals surface area contributed by atoms with Crippen molar-refractivity contribution in [2.45, 2.75) is 32.4 Å². The minimum atomic E-state index is -0.499. The Morgan fingerprint density at radius 2 is 2.06 bits per heavy atom. The fraction of sp³-hybridized carbons (Fsp3) is 0.417. The minimum Gasteiger partial charge on any atom is -0.353 e. The number of nitrogens with one attached hydrogen (secondary N) is 1. The summed E-state index contributed by atoms with van der Waals surface area (Å²) in [7, 11) is 0. The number of hydrogen-bond donors (Lipinski definition) is 2. The van der Waals surface area contributed by atoms with E-state index in [9.17, 15) is 4.79 Å². The Balaban J connectivity index is 2.61. The van der Waals surface area contributed by atoms with E-state index in [1.165, 1.54) is 0 Å². The molecule has 1 amide bonds. The second-order valence-electron chi connectivity index (χ2n) is 4.07. The van der Waals surface area contributed by atoms with Crippen molar-refractivity contribution in [2.75, 3.05) is 0 Å². The van der Waals surface area contributed by atoms with Crippen LogP contribution in [0.2, 0.25) is 0 Å². The Labute approximate surface area is 105 Å². The van der Waals surface area contributed by atoms with Crippen LogP contribution in [0.15, 0.2) is 28.7 Å². The molecular weight excluding hydrogens is 268 g/mol. The maximum absolute atomic E-state index is 11.6. The van der Waals surface area contributed by atoms with Crippen LogP contribution in [-0.2, 0) is 11.2 Å². The normalized spacial score (nSPS) is 12.6. The summed E-state index contributed by atoms with van der Waals surface area (Å²) in [5.74, 6) is -0.106. The average molecular weight is 285 g/mol. The van der Waals surface area contributed by atoms with Gasteiger partial charge in [-0.05, 0) is 31.9 Å². The molecular formula is C12H17BrN2O. The zero-order valence-corrected chi connectivity index (χ0v) is 11.1. The molecule has 1 atom stereocenters. The van der Waals surface area contributed by atoms with Gasteiger partial charge in [0.1, 0.15) is 0 Å². The molecule has 0 aliphatic rings. The van der Waals surface area contributed by atoms with Gasteiger partial charge in [-0.15, -0.1) is 0 Å². The summed E-state index contributed by atoms with van der Waals surface area (Å²) in [6, 6.07) is 7.41. The summed E-state index contributed by atoms with van der Waals surface area (Å²) in [6.07, 6.45) is 0.542. The molecule has 1 unspecified atom stereocenters. The molecule has 4 heteroatoms. The van der Waals surface area contributed by atoms with E-state index in [1.807, 2.05) is 38.1 Å². The van der Waals surface area contributed by atoms with Crippen molar-refractivity contribution >= 4 is 21.8 Å². The number of carbonyl (C=O) groups is 1. The highest BCUT2D eigenvalue weighted by Gasteiger charge is 2.15. The number of amides is 1. The molecule has 0 spiro atoms. The van der Waals surface area contributed by atoms with Crippen molar-refractivity contribution in [3.8, 4) is 0 Å². The van der Waals surface area contributed by atoms with Crippen LogP contribution in [0.4, 0.5) is 0 Å². The Hall–Kier alpha value is -0.870. The highest BCUT2D eigenvalue weighted by atomic mass is 79.9. The summed E-state index contributed by atoms with van der Waals surface area (Å²) in [5, 5.41) is 2.80. The van der Waals surface area contributed by atoms with Gasteiger partial charge < -0.3 is 11.1 Å². The lowest BCUT2D eigenvalue weighted by Crippen LogP contribution is -2.44. The third-order valence-electron chi connectivity index (χ3n) is 2.17. The van der Waals surface area contributed by atoms with Crippen molar-refractivity contribution in [3.63, 3.8) is 0 Å². The zero-order chi connectivity index (χ0) is 12.1. The number of rotatable bonds is 4. The monoisotopic (exact) mass is 284 g/mol. The van der Waals surface area contributed by atoms with Crippen LogP contribution in [0, 0.1) is 0 Å². The van der Waals surface area contributed by atoms with E-state index >= 15 is 0 Å². The van der Waals surface area contributed by atoms with Crippen molar-refractivity contribution in [2.24, 2.45) is 5.73 Å². The van der Waals surface area contributed by atoms with Gasteiger partial charge in [-0.2, -0.15) is 0 Å². The van der Waals surface area contributed by atoms with Gasteiger partial charge >= 0.3 is 0 Å². The second-order valence-corrected chi connectivity index (χ2v) is 4.92. The largest absolute Gasteiger partial charge is 0.353 e. The molecule has 88 valence electrons. The first-order valence-electron chi connectivity index (χ1n) is 5.30. The molecule has 1 aromatic carbocycles. The van der Waals surface area contributed by atoms with Crippen LogP contribution in [0.25, 0.3) is 0 Å². The van der Waals surface area contributed by atoms with Crippen molar-refractivity contribution in [1.29, 1.82) is 0 Å². The maximum atomic E-state index is 11.6. The van der Waals surface area contributed by atoms with Crippen LogP contribution < -0.4 is 11.1 Å². The van der Waals surface area contributed by atoms with Crippen LogP contribution in [0.1, 0.15) is 19.4 Å².